The smallest absolute Gasteiger partial charge is 0.425 e. The van der Waals surface area contributed by atoms with Crippen molar-refractivity contribution in [3.8, 4) is 0 Å². The van der Waals surface area contributed by atoms with Gasteiger partial charge in [0.25, 0.3) is 0 Å². The summed E-state index contributed by atoms with van der Waals surface area (Å²) in [5, 5.41) is -0.205. The van der Waals surface area contributed by atoms with Gasteiger partial charge in [0.05, 0.1) is 6.20 Å². The standard InChI is InChI=1S/C14H19ClFN3O4/c1-13(2,3)22-11(20)19(12(21)23-14(4,5)6)9-8(15)7-17-10(16)18-9/h7H,1-6H3. The van der Waals surface area contributed by atoms with Crippen molar-refractivity contribution in [1.82, 2.24) is 9.97 Å². The molecule has 0 saturated carbocycles. The van der Waals surface area contributed by atoms with Crippen molar-refractivity contribution in [3.63, 3.8) is 0 Å². The van der Waals surface area contributed by atoms with Crippen LogP contribution in [0.25, 0.3) is 0 Å². The van der Waals surface area contributed by atoms with Gasteiger partial charge in [-0.25, -0.2) is 14.6 Å². The molecular formula is C14H19ClFN3O4. The molecule has 0 aliphatic carbocycles. The van der Waals surface area contributed by atoms with E-state index in [1.165, 1.54) is 0 Å². The topological polar surface area (TPSA) is 81.6 Å². The van der Waals surface area contributed by atoms with Gasteiger partial charge in [-0.15, -0.1) is 0 Å². The minimum atomic E-state index is -1.15. The number of amides is 2. The van der Waals surface area contributed by atoms with Crippen LogP contribution in [0.5, 0.6) is 0 Å². The molecule has 0 unspecified atom stereocenters. The van der Waals surface area contributed by atoms with Crippen LogP contribution in [0.1, 0.15) is 41.5 Å². The Balaban J connectivity index is 3.28. The number of rotatable bonds is 1. The van der Waals surface area contributed by atoms with Gasteiger partial charge in [0.2, 0.25) is 0 Å². The normalized spacial score (nSPS) is 11.8. The lowest BCUT2D eigenvalue weighted by Gasteiger charge is -2.28. The number of hydrogen-bond acceptors (Lipinski definition) is 6. The Kier molecular flexibility index (Phi) is 5.52. The average molecular weight is 348 g/mol. The summed E-state index contributed by atoms with van der Waals surface area (Å²) in [7, 11) is 0. The molecule has 0 aliphatic heterocycles. The largest absolute Gasteiger partial charge is 0.443 e. The molecule has 0 radical (unpaired) electrons. The van der Waals surface area contributed by atoms with Crippen molar-refractivity contribution in [3.05, 3.63) is 17.3 Å². The van der Waals surface area contributed by atoms with Crippen LogP contribution in [0.15, 0.2) is 6.20 Å². The molecule has 0 N–H and O–H groups in total. The fraction of sp³-hybridized carbons (Fsp3) is 0.571. The molecule has 1 aromatic heterocycles. The summed E-state index contributed by atoms with van der Waals surface area (Å²) in [5.74, 6) is -0.456. The van der Waals surface area contributed by atoms with E-state index in [1.54, 1.807) is 41.5 Å². The van der Waals surface area contributed by atoms with Crippen LogP contribution in [-0.4, -0.2) is 33.4 Å². The van der Waals surface area contributed by atoms with E-state index in [9.17, 15) is 14.0 Å². The number of aromatic nitrogens is 2. The summed E-state index contributed by atoms with van der Waals surface area (Å²) in [6.07, 6.45) is -2.40. The van der Waals surface area contributed by atoms with Crippen LogP contribution in [0.4, 0.5) is 19.8 Å². The van der Waals surface area contributed by atoms with Gasteiger partial charge in [0.1, 0.15) is 16.2 Å². The molecule has 0 atom stereocenters. The van der Waals surface area contributed by atoms with Crippen molar-refractivity contribution in [2.75, 3.05) is 4.90 Å². The zero-order valence-corrected chi connectivity index (χ0v) is 14.6. The molecule has 128 valence electrons. The number of hydrogen-bond donors (Lipinski definition) is 0. The minimum absolute atomic E-state index is 0.205. The van der Waals surface area contributed by atoms with E-state index in [0.717, 1.165) is 6.20 Å². The molecule has 1 rings (SSSR count). The van der Waals surface area contributed by atoms with E-state index >= 15 is 0 Å². The summed E-state index contributed by atoms with van der Waals surface area (Å²) in [6.45, 7) is 9.67. The third-order valence-electron chi connectivity index (χ3n) is 2.06. The lowest BCUT2D eigenvalue weighted by Crippen LogP contribution is -2.44. The third kappa shape index (κ3) is 5.97. The fourth-order valence-corrected chi connectivity index (χ4v) is 1.53. The number of halogens is 2. The van der Waals surface area contributed by atoms with Gasteiger partial charge in [-0.3, -0.25) is 0 Å². The Labute approximate surface area is 138 Å². The van der Waals surface area contributed by atoms with Crippen LogP contribution in [0, 0.1) is 6.08 Å². The highest BCUT2D eigenvalue weighted by molar-refractivity contribution is 6.34. The number of carbonyl (C=O) groups excluding carboxylic acids is 2. The number of imide groups is 1. The van der Waals surface area contributed by atoms with Gasteiger partial charge >= 0.3 is 18.3 Å². The lowest BCUT2D eigenvalue weighted by molar-refractivity contribution is 0.0429. The average Bonchev–Trinajstić information content (AvgIpc) is 2.29. The maximum Gasteiger partial charge on any atom is 0.425 e. The van der Waals surface area contributed by atoms with Crippen molar-refractivity contribution in [1.29, 1.82) is 0 Å². The van der Waals surface area contributed by atoms with Crippen LogP contribution in [0.3, 0.4) is 0 Å². The Morgan fingerprint density at radius 2 is 1.52 bits per heavy atom. The Bertz CT molecular complexity index is 583. The monoisotopic (exact) mass is 347 g/mol. The van der Waals surface area contributed by atoms with Gasteiger partial charge in [-0.05, 0) is 41.5 Å². The molecule has 0 aromatic carbocycles. The first-order chi connectivity index (χ1) is 10.3. The minimum Gasteiger partial charge on any atom is -0.443 e. The fourth-order valence-electron chi connectivity index (χ4n) is 1.36. The van der Waals surface area contributed by atoms with Gasteiger partial charge in [0.15, 0.2) is 5.82 Å². The van der Waals surface area contributed by atoms with Crippen LogP contribution < -0.4 is 4.90 Å². The van der Waals surface area contributed by atoms with E-state index in [-0.39, 0.29) is 5.02 Å². The molecule has 1 aromatic rings. The van der Waals surface area contributed by atoms with Crippen molar-refractivity contribution in [2.45, 2.75) is 52.7 Å². The lowest BCUT2D eigenvalue weighted by atomic mass is 10.2. The van der Waals surface area contributed by atoms with Crippen LogP contribution in [0.2, 0.25) is 5.02 Å². The maximum absolute atomic E-state index is 13.3. The van der Waals surface area contributed by atoms with E-state index in [0.29, 0.717) is 4.90 Å². The highest BCUT2D eigenvalue weighted by Crippen LogP contribution is 2.26. The summed E-state index contributed by atoms with van der Waals surface area (Å²) < 4.78 is 23.6. The van der Waals surface area contributed by atoms with Gasteiger partial charge < -0.3 is 9.47 Å². The third-order valence-corrected chi connectivity index (χ3v) is 2.33. The molecule has 9 heteroatoms. The highest BCUT2D eigenvalue weighted by atomic mass is 35.5. The predicted octanol–water partition coefficient (Wildman–Crippen LogP) is 3.95. The van der Waals surface area contributed by atoms with E-state index in [2.05, 4.69) is 9.97 Å². The Hall–Kier alpha value is -1.96. The Morgan fingerprint density at radius 3 is 1.91 bits per heavy atom. The number of ether oxygens (including phenoxy) is 2. The maximum atomic E-state index is 13.3. The second-order valence-corrected chi connectivity index (χ2v) is 7.01. The molecule has 0 fully saturated rings. The SMILES string of the molecule is CC(C)(C)OC(=O)N(C(=O)OC(C)(C)C)c1nc(F)ncc1Cl. The van der Waals surface area contributed by atoms with Crippen LogP contribution >= 0.6 is 11.6 Å². The van der Waals surface area contributed by atoms with Crippen molar-refractivity contribution in [2.24, 2.45) is 0 Å². The second-order valence-electron chi connectivity index (χ2n) is 6.61. The first-order valence-corrected chi connectivity index (χ1v) is 7.12. The van der Waals surface area contributed by atoms with E-state index in [1.807, 2.05) is 0 Å². The van der Waals surface area contributed by atoms with Gasteiger partial charge in [0, 0.05) is 0 Å². The number of carbonyl (C=O) groups is 2. The first kappa shape index (κ1) is 19.1. The Morgan fingerprint density at radius 1 is 1.09 bits per heavy atom. The summed E-state index contributed by atoms with van der Waals surface area (Å²) in [6, 6.07) is 0. The van der Waals surface area contributed by atoms with Gasteiger partial charge in [-0.2, -0.15) is 14.3 Å². The second kappa shape index (κ2) is 6.66. The zero-order valence-electron chi connectivity index (χ0n) is 13.8. The zero-order chi connectivity index (χ0) is 18.0. The molecule has 23 heavy (non-hydrogen) atoms. The molecule has 1 heterocycles. The van der Waals surface area contributed by atoms with Crippen molar-refractivity contribution < 1.29 is 23.5 Å². The number of anilines is 1. The molecule has 2 amide bonds. The van der Waals surface area contributed by atoms with Crippen LogP contribution in [-0.2, 0) is 9.47 Å². The summed E-state index contributed by atoms with van der Waals surface area (Å²) in [5.41, 5.74) is -1.79. The summed E-state index contributed by atoms with van der Waals surface area (Å²) >= 11 is 5.87. The molecule has 7 nitrogen and oxygen atoms in total. The molecular weight excluding hydrogens is 329 g/mol. The molecule has 0 bridgehead atoms. The summed E-state index contributed by atoms with van der Waals surface area (Å²) in [4.78, 5) is 31.7. The quantitative estimate of drug-likeness (QED) is 0.715. The number of nitrogens with zero attached hydrogens (tertiary/aromatic N) is 3. The van der Waals surface area contributed by atoms with Crippen molar-refractivity contribution >= 4 is 29.6 Å². The van der Waals surface area contributed by atoms with Gasteiger partial charge in [-0.1, -0.05) is 11.6 Å². The molecule has 0 aliphatic rings. The molecule has 0 saturated heterocycles. The first-order valence-electron chi connectivity index (χ1n) is 6.74. The molecule has 0 spiro atoms. The van der Waals surface area contributed by atoms with E-state index < -0.39 is 35.3 Å². The van der Waals surface area contributed by atoms with E-state index in [4.69, 9.17) is 21.1 Å². The highest BCUT2D eigenvalue weighted by Gasteiger charge is 2.35. The predicted molar refractivity (Wildman–Crippen MR) is 81.9 cm³/mol.